The minimum atomic E-state index is -0.680. The van der Waals surface area contributed by atoms with Crippen molar-refractivity contribution in [2.24, 2.45) is 0 Å². The van der Waals surface area contributed by atoms with Gasteiger partial charge in [0.15, 0.2) is 5.82 Å². The zero-order chi connectivity index (χ0) is 91.3. The number of carbonyl (C=O) groups is 10. The Morgan fingerprint density at radius 1 is 0.418 bits per heavy atom. The van der Waals surface area contributed by atoms with E-state index >= 15 is 0 Å². The highest BCUT2D eigenvalue weighted by Gasteiger charge is 2.32. The lowest BCUT2D eigenvalue weighted by molar-refractivity contribution is 0.0554. The van der Waals surface area contributed by atoms with Crippen molar-refractivity contribution < 1.29 is 80.5 Å². The largest absolute Gasteiger partial charge is 0.465 e. The molecule has 0 spiro atoms. The van der Waals surface area contributed by atoms with Crippen molar-refractivity contribution in [3.05, 3.63) is 203 Å². The van der Waals surface area contributed by atoms with E-state index in [0.717, 1.165) is 33.1 Å². The van der Waals surface area contributed by atoms with Crippen LogP contribution in [0.5, 0.6) is 0 Å². The Morgan fingerprint density at radius 3 is 1.16 bits per heavy atom. The van der Waals surface area contributed by atoms with Crippen LogP contribution in [0.1, 0.15) is 220 Å². The van der Waals surface area contributed by atoms with Gasteiger partial charge < -0.3 is 89.9 Å². The van der Waals surface area contributed by atoms with Crippen LogP contribution < -0.4 is 53.2 Å². The van der Waals surface area contributed by atoms with Gasteiger partial charge >= 0.3 is 60.0 Å². The number of hydrogen-bond acceptors (Lipinski definition) is 20. The first-order chi connectivity index (χ1) is 56.9. The van der Waals surface area contributed by atoms with E-state index in [2.05, 4.69) is 97.9 Å². The first-order valence-electron chi connectivity index (χ1n) is 38.3. The molecule has 656 valence electrons. The van der Waals surface area contributed by atoms with Crippen LogP contribution in [-0.2, 0) is 57.3 Å². The van der Waals surface area contributed by atoms with Gasteiger partial charge in [-0.15, -0.1) is 22.7 Å². The average molecular weight is 1760 g/mol. The van der Waals surface area contributed by atoms with Crippen LogP contribution in [0.2, 0.25) is 10.0 Å². The molecule has 11 N–H and O–H groups in total. The number of aromatic nitrogens is 4. The molecular formula is C87H110Cl2N14O17S2. The lowest BCUT2D eigenvalue weighted by Gasteiger charge is -2.15. The number of thiophene rings is 2. The first kappa shape index (κ1) is 98.5. The number of rotatable bonds is 17. The van der Waals surface area contributed by atoms with E-state index in [9.17, 15) is 47.9 Å². The highest BCUT2D eigenvalue weighted by atomic mass is 35.5. The quantitative estimate of drug-likeness (QED) is 0.0298. The van der Waals surface area contributed by atoms with Crippen LogP contribution in [0, 0.1) is 13.8 Å². The van der Waals surface area contributed by atoms with Gasteiger partial charge in [0.1, 0.15) is 27.0 Å². The molecule has 7 heterocycles. The summed E-state index contributed by atoms with van der Waals surface area (Å²) >= 11 is 14.4. The predicted octanol–water partition coefficient (Wildman–Crippen LogP) is 22.2. The molecule has 35 heteroatoms. The second kappa shape index (κ2) is 42.7. The zero-order valence-corrected chi connectivity index (χ0v) is 76.4. The number of halogens is 2. The van der Waals surface area contributed by atoms with Gasteiger partial charge in [0.2, 0.25) is 11.5 Å². The highest BCUT2D eigenvalue weighted by Crippen LogP contribution is 2.39. The minimum absolute atomic E-state index is 0.0264. The van der Waals surface area contributed by atoms with Gasteiger partial charge in [-0.3, -0.25) is 10.00 Å². The van der Waals surface area contributed by atoms with Gasteiger partial charge in [-0.25, -0.2) is 47.9 Å². The van der Waals surface area contributed by atoms with Crippen molar-refractivity contribution in [2.75, 3.05) is 88.7 Å². The lowest BCUT2D eigenvalue weighted by Crippen LogP contribution is -2.21. The zero-order valence-electron chi connectivity index (χ0n) is 73.3. The number of nitrogens with one attached hydrogen (secondary N) is 11. The number of amides is 10. The number of anilines is 10. The molecule has 10 amide bonds. The predicted molar refractivity (Wildman–Crippen MR) is 482 cm³/mol. The smallest absolute Gasteiger partial charge is 0.376 e. The number of urea groups is 5. The van der Waals surface area contributed by atoms with Crippen molar-refractivity contribution in [1.82, 2.24) is 19.3 Å². The summed E-state index contributed by atoms with van der Waals surface area (Å²) in [5.74, 6) is -1.32. The van der Waals surface area contributed by atoms with Crippen LogP contribution >= 0.6 is 45.9 Å². The summed E-state index contributed by atoms with van der Waals surface area (Å²) in [5.41, 5.74) is 6.37. The summed E-state index contributed by atoms with van der Waals surface area (Å²) in [6.45, 7) is 40.7. The molecule has 10 rings (SSSR count). The minimum Gasteiger partial charge on any atom is -0.465 e. The van der Waals surface area contributed by atoms with Crippen LogP contribution in [0.3, 0.4) is 0 Å². The van der Waals surface area contributed by atoms with Crippen molar-refractivity contribution in [3.63, 3.8) is 0 Å². The van der Waals surface area contributed by atoms with E-state index < -0.39 is 60.0 Å². The molecule has 0 fully saturated rings. The Hall–Kier alpha value is -12.3. The van der Waals surface area contributed by atoms with Gasteiger partial charge in [0, 0.05) is 98.1 Å². The van der Waals surface area contributed by atoms with E-state index in [1.165, 1.54) is 64.3 Å². The average Bonchev–Trinajstić information content (AvgIpc) is 1.69. The SMILES string of the molecule is CCn1ccc(NC(=O)Nc2cc(C(C)(C)C)sc2C(=O)OC)n1.COC(=O)c1[nH]c(C(C)(C)C)cc1NC(=O)Nc1ccc(C)cc1.COC(=O)c1oc(C(C)(C)C)cc1NC(=O)Nc1ccc(C)cc1.COC(=O)c1oc(C(C)(C)C)cc1NC(=O)Nc1ccc(Cl)c(Cl)c1.COC(=O)c1sc(C(C)(C)C)cc1NC(=O)Nc1ccn(C(C)C)c1. The van der Waals surface area contributed by atoms with Gasteiger partial charge in [-0.1, -0.05) is 162 Å². The Bertz CT molecular complexity index is 5190. The molecule has 10 aromatic rings. The summed E-state index contributed by atoms with van der Waals surface area (Å²) in [6.07, 6.45) is 5.54. The van der Waals surface area contributed by atoms with Gasteiger partial charge in [-0.2, -0.15) is 5.10 Å². The number of aromatic amines is 1. The fourth-order valence-electron chi connectivity index (χ4n) is 10.3. The second-order valence-corrected chi connectivity index (χ2v) is 35.8. The van der Waals surface area contributed by atoms with Crippen LogP contribution in [0.4, 0.5) is 81.0 Å². The summed E-state index contributed by atoms with van der Waals surface area (Å²) in [7, 11) is 6.45. The molecule has 7 aromatic heterocycles. The van der Waals surface area contributed by atoms with Crippen LogP contribution in [-0.4, -0.2) is 115 Å². The number of H-pyrrole nitrogens is 1. The number of aryl methyl sites for hydroxylation is 3. The van der Waals surface area contributed by atoms with Gasteiger partial charge in [-0.05, 0) is 112 Å². The number of ether oxygens (including phenoxy) is 5. The molecule has 0 aliphatic heterocycles. The number of hydrogen-bond donors (Lipinski definition) is 11. The summed E-state index contributed by atoms with van der Waals surface area (Å²) in [5, 5.41) is 31.7. The molecule has 0 bridgehead atoms. The van der Waals surface area contributed by atoms with Crippen molar-refractivity contribution >= 4 is 163 Å². The topological polar surface area (TPSA) is 402 Å². The van der Waals surface area contributed by atoms with Gasteiger partial charge in [0.25, 0.3) is 0 Å². The number of nitrogens with zero attached hydrogens (tertiary/aromatic N) is 3. The summed E-state index contributed by atoms with van der Waals surface area (Å²) in [4.78, 5) is 126. The lowest BCUT2D eigenvalue weighted by atomic mass is 9.92. The molecule has 0 saturated carbocycles. The molecule has 0 unspecified atom stereocenters. The standard InChI is InChI=1S/C18H25N3O3S.C18H23N3O3.C18H22N2O4.C17H18Cl2N2O4.C16H22N4O3S/c1-11(2)21-8-7-12(10-21)19-17(23)20-13-9-14(18(3,4)5)25-15(13)16(22)24-6;1-11-6-8-12(9-7-11)19-17(23)20-13-10-14(18(2,3)4)21-15(13)16(22)24-5;1-11-6-8-12(9-7-11)19-17(22)20-13-10-14(18(2,3)4)24-15(13)16(21)23-5;1-17(2,3)13-8-12(14(25-13)15(22)24-4)21-16(23)20-9-5-6-10(18)11(19)7-9;1-6-20-8-7-12(19-20)18-15(22)17-10-9-11(16(2,3)4)24-13(10)14(21)23-5/h7-11H,1-6H3,(H2,19,20,23);6-10,21H,1-5H3,(H2,19,20,23);6-10H,1-5H3,(H2,19,20,22);5-8H,1-4H3,(H2,20,21,23);7-9H,6H2,1-5H3,(H2,17,18,19,22). The third-order valence-corrected chi connectivity index (χ3v) is 21.0. The Kier molecular flexibility index (Phi) is 34.5. The normalized spacial score (nSPS) is 11.2. The molecule has 0 atom stereocenters. The van der Waals surface area contributed by atoms with Crippen LogP contribution in [0.15, 0.2) is 137 Å². The van der Waals surface area contributed by atoms with Crippen molar-refractivity contribution in [3.8, 4) is 0 Å². The molecular weight excluding hydrogens is 1650 g/mol. The van der Waals surface area contributed by atoms with E-state index in [0.29, 0.717) is 83.0 Å². The summed E-state index contributed by atoms with van der Waals surface area (Å²) in [6, 6.07) is 29.7. The Morgan fingerprint density at radius 2 is 0.803 bits per heavy atom. The molecule has 0 aliphatic carbocycles. The highest BCUT2D eigenvalue weighted by molar-refractivity contribution is 7.15. The maximum Gasteiger partial charge on any atom is 0.376 e. The number of methoxy groups -OCH3 is 5. The second-order valence-electron chi connectivity index (χ2n) is 32.8. The molecule has 122 heavy (non-hydrogen) atoms. The first-order valence-corrected chi connectivity index (χ1v) is 40.7. The molecule has 31 nitrogen and oxygen atoms in total. The molecule has 0 aliphatic rings. The fourth-order valence-corrected chi connectivity index (χ4v) is 12.8. The number of benzene rings is 3. The Balaban J connectivity index is 0.000000236. The molecule has 0 saturated heterocycles. The van der Waals surface area contributed by atoms with Gasteiger partial charge in [0.05, 0.1) is 79.7 Å². The number of esters is 5. The fraction of sp³-hybridized carbons (Fsp3) is 0.368. The molecule has 0 radical (unpaired) electrons. The Labute approximate surface area is 728 Å². The number of carbonyl (C=O) groups excluding carboxylic acids is 10. The third-order valence-electron chi connectivity index (χ3n) is 17.2. The number of furan rings is 2. The van der Waals surface area contributed by atoms with Crippen LogP contribution in [0.25, 0.3) is 0 Å². The van der Waals surface area contributed by atoms with E-state index in [-0.39, 0.29) is 55.7 Å². The third kappa shape index (κ3) is 29.2. The van der Waals surface area contributed by atoms with Crippen molar-refractivity contribution in [2.45, 2.75) is 178 Å². The van der Waals surface area contributed by atoms with E-state index in [4.69, 9.17) is 55.7 Å². The maximum absolute atomic E-state index is 12.3. The van der Waals surface area contributed by atoms with Crippen molar-refractivity contribution in [1.29, 1.82) is 0 Å². The maximum atomic E-state index is 12.3. The van der Waals surface area contributed by atoms with E-state index in [1.54, 1.807) is 65.5 Å². The van der Waals surface area contributed by atoms with E-state index in [1.807, 2.05) is 169 Å². The summed E-state index contributed by atoms with van der Waals surface area (Å²) < 4.78 is 38.7. The monoisotopic (exact) mass is 1760 g/mol. The molecule has 3 aromatic carbocycles.